The molecule has 1 N–H and O–H groups in total. The minimum Gasteiger partial charge on any atom is -0.460 e. The Bertz CT molecular complexity index is 588. The number of carbonyl (C=O) groups is 1. The third kappa shape index (κ3) is 5.53. The van der Waals surface area contributed by atoms with E-state index in [1.54, 1.807) is 0 Å². The van der Waals surface area contributed by atoms with Crippen molar-refractivity contribution in [3.63, 3.8) is 0 Å². The molecule has 0 radical (unpaired) electrons. The predicted molar refractivity (Wildman–Crippen MR) is 86.1 cm³/mol. The second-order valence-corrected chi connectivity index (χ2v) is 4.72. The highest BCUT2D eigenvalue weighted by atomic mass is 16.5. The van der Waals surface area contributed by atoms with Gasteiger partial charge in [0.15, 0.2) is 0 Å². The molecule has 0 aliphatic carbocycles. The van der Waals surface area contributed by atoms with E-state index in [0.717, 1.165) is 11.3 Å². The monoisotopic (exact) mass is 281 g/mol. The van der Waals surface area contributed by atoms with Crippen LogP contribution in [0.3, 0.4) is 0 Å². The standard InChI is InChI=1S/C18H19NO2/c1-15-9-11-17(12-10-15)19-14-18(20)21-13-5-8-16-6-3-2-4-7-16/h2-12,19H,13-14H2,1H3/b8-5+. The van der Waals surface area contributed by atoms with Gasteiger partial charge in [-0.1, -0.05) is 54.1 Å². The third-order valence-corrected chi connectivity index (χ3v) is 2.94. The van der Waals surface area contributed by atoms with E-state index in [2.05, 4.69) is 5.32 Å². The van der Waals surface area contributed by atoms with Gasteiger partial charge in [0, 0.05) is 5.69 Å². The van der Waals surface area contributed by atoms with Crippen LogP contribution >= 0.6 is 0 Å². The number of anilines is 1. The van der Waals surface area contributed by atoms with Gasteiger partial charge in [0.25, 0.3) is 0 Å². The maximum atomic E-state index is 11.6. The van der Waals surface area contributed by atoms with E-state index in [1.807, 2.05) is 73.7 Å². The summed E-state index contributed by atoms with van der Waals surface area (Å²) in [5.41, 5.74) is 3.19. The normalized spacial score (nSPS) is 10.5. The lowest BCUT2D eigenvalue weighted by molar-refractivity contribution is -0.140. The highest BCUT2D eigenvalue weighted by Crippen LogP contribution is 2.08. The van der Waals surface area contributed by atoms with E-state index in [4.69, 9.17) is 4.74 Å². The summed E-state index contributed by atoms with van der Waals surface area (Å²) in [6, 6.07) is 17.8. The summed E-state index contributed by atoms with van der Waals surface area (Å²) in [6.07, 6.45) is 3.76. The van der Waals surface area contributed by atoms with Gasteiger partial charge < -0.3 is 10.1 Å². The van der Waals surface area contributed by atoms with Crippen molar-refractivity contribution in [1.29, 1.82) is 0 Å². The van der Waals surface area contributed by atoms with E-state index in [0.29, 0.717) is 0 Å². The summed E-state index contributed by atoms with van der Waals surface area (Å²) in [6.45, 7) is 2.47. The van der Waals surface area contributed by atoms with Crippen molar-refractivity contribution in [3.8, 4) is 0 Å². The first-order chi connectivity index (χ1) is 10.2. The summed E-state index contributed by atoms with van der Waals surface area (Å²) in [7, 11) is 0. The van der Waals surface area contributed by atoms with Gasteiger partial charge in [0.05, 0.1) is 0 Å². The Kier molecular flexibility index (Phi) is 5.59. The number of aryl methyl sites for hydroxylation is 1. The smallest absolute Gasteiger partial charge is 0.325 e. The van der Waals surface area contributed by atoms with Crippen LogP contribution in [0.5, 0.6) is 0 Å². The molecule has 0 bridgehead atoms. The maximum Gasteiger partial charge on any atom is 0.325 e. The van der Waals surface area contributed by atoms with Crippen molar-refractivity contribution in [3.05, 3.63) is 71.8 Å². The Morgan fingerprint density at radius 2 is 1.81 bits per heavy atom. The summed E-state index contributed by atoms with van der Waals surface area (Å²) in [5, 5.41) is 3.03. The molecule has 0 aliphatic rings. The number of nitrogens with one attached hydrogen (secondary N) is 1. The first kappa shape index (κ1) is 14.9. The van der Waals surface area contributed by atoms with Crippen LogP contribution in [0.4, 0.5) is 5.69 Å². The summed E-state index contributed by atoms with van der Waals surface area (Å²) in [5.74, 6) is -0.270. The van der Waals surface area contributed by atoms with E-state index in [9.17, 15) is 4.79 Å². The molecule has 2 rings (SSSR count). The topological polar surface area (TPSA) is 38.3 Å². The van der Waals surface area contributed by atoms with Crippen molar-refractivity contribution >= 4 is 17.7 Å². The Balaban J connectivity index is 1.68. The molecule has 0 spiro atoms. The zero-order valence-corrected chi connectivity index (χ0v) is 12.1. The molecule has 3 nitrogen and oxygen atoms in total. The van der Waals surface area contributed by atoms with Crippen LogP contribution in [-0.2, 0) is 9.53 Å². The summed E-state index contributed by atoms with van der Waals surface area (Å²) < 4.78 is 5.12. The molecule has 0 amide bonds. The van der Waals surface area contributed by atoms with Gasteiger partial charge >= 0.3 is 5.97 Å². The molecule has 0 saturated heterocycles. The van der Waals surface area contributed by atoms with E-state index >= 15 is 0 Å². The molecule has 0 saturated carbocycles. The minimum absolute atomic E-state index is 0.169. The SMILES string of the molecule is Cc1ccc(NCC(=O)OC/C=C/c2ccccc2)cc1. The Morgan fingerprint density at radius 3 is 2.52 bits per heavy atom. The van der Waals surface area contributed by atoms with Gasteiger partial charge in [0.2, 0.25) is 0 Å². The summed E-state index contributed by atoms with van der Waals surface area (Å²) >= 11 is 0. The zero-order valence-electron chi connectivity index (χ0n) is 12.1. The quantitative estimate of drug-likeness (QED) is 0.821. The number of hydrogen-bond donors (Lipinski definition) is 1. The predicted octanol–water partition coefficient (Wildman–Crippen LogP) is 3.66. The average Bonchev–Trinajstić information content (AvgIpc) is 2.52. The second-order valence-electron chi connectivity index (χ2n) is 4.72. The minimum atomic E-state index is -0.270. The lowest BCUT2D eigenvalue weighted by Crippen LogP contribution is -2.16. The zero-order chi connectivity index (χ0) is 14.9. The van der Waals surface area contributed by atoms with E-state index in [-0.39, 0.29) is 19.1 Å². The van der Waals surface area contributed by atoms with Gasteiger partial charge in [-0.3, -0.25) is 4.79 Å². The molecule has 2 aromatic rings. The molecule has 0 aromatic heterocycles. The van der Waals surface area contributed by atoms with Gasteiger partial charge in [0.1, 0.15) is 13.2 Å². The highest BCUT2D eigenvalue weighted by molar-refractivity contribution is 5.75. The molecule has 3 heteroatoms. The Labute approximate surface area is 125 Å². The van der Waals surface area contributed by atoms with Crippen molar-refractivity contribution in [2.45, 2.75) is 6.92 Å². The molecule has 0 unspecified atom stereocenters. The van der Waals surface area contributed by atoms with Crippen molar-refractivity contribution in [1.82, 2.24) is 0 Å². The average molecular weight is 281 g/mol. The lowest BCUT2D eigenvalue weighted by atomic mass is 10.2. The molecule has 2 aromatic carbocycles. The van der Waals surface area contributed by atoms with Crippen LogP contribution in [0.2, 0.25) is 0 Å². The fourth-order valence-electron chi connectivity index (χ4n) is 1.79. The Morgan fingerprint density at radius 1 is 1.10 bits per heavy atom. The van der Waals surface area contributed by atoms with Crippen LogP contribution in [0.1, 0.15) is 11.1 Å². The van der Waals surface area contributed by atoms with Gasteiger partial charge in [-0.2, -0.15) is 0 Å². The highest BCUT2D eigenvalue weighted by Gasteiger charge is 2.00. The molecular formula is C18H19NO2. The molecule has 0 atom stereocenters. The number of benzene rings is 2. The first-order valence-corrected chi connectivity index (χ1v) is 6.92. The third-order valence-electron chi connectivity index (χ3n) is 2.94. The van der Waals surface area contributed by atoms with Crippen molar-refractivity contribution in [2.75, 3.05) is 18.5 Å². The van der Waals surface area contributed by atoms with Crippen molar-refractivity contribution < 1.29 is 9.53 Å². The number of rotatable bonds is 6. The fraction of sp³-hybridized carbons (Fsp3) is 0.167. The second kappa shape index (κ2) is 7.90. The van der Waals surface area contributed by atoms with E-state index < -0.39 is 0 Å². The molecule has 108 valence electrons. The molecule has 0 fully saturated rings. The van der Waals surface area contributed by atoms with E-state index in [1.165, 1.54) is 5.56 Å². The van der Waals surface area contributed by atoms with Crippen LogP contribution in [0, 0.1) is 6.92 Å². The van der Waals surface area contributed by atoms with Crippen molar-refractivity contribution in [2.24, 2.45) is 0 Å². The van der Waals surface area contributed by atoms with Crippen LogP contribution < -0.4 is 5.32 Å². The van der Waals surface area contributed by atoms with Crippen LogP contribution in [0.15, 0.2) is 60.7 Å². The fourth-order valence-corrected chi connectivity index (χ4v) is 1.79. The van der Waals surface area contributed by atoms with Crippen LogP contribution in [-0.4, -0.2) is 19.1 Å². The molecule has 0 heterocycles. The number of esters is 1. The lowest BCUT2D eigenvalue weighted by Gasteiger charge is -2.06. The molecule has 0 aliphatic heterocycles. The summed E-state index contributed by atoms with van der Waals surface area (Å²) in [4.78, 5) is 11.6. The Hall–Kier alpha value is -2.55. The number of hydrogen-bond acceptors (Lipinski definition) is 3. The number of ether oxygens (including phenoxy) is 1. The first-order valence-electron chi connectivity index (χ1n) is 6.92. The van der Waals surface area contributed by atoms with Gasteiger partial charge in [-0.15, -0.1) is 0 Å². The molecule has 21 heavy (non-hydrogen) atoms. The largest absolute Gasteiger partial charge is 0.460 e. The maximum absolute atomic E-state index is 11.6. The van der Waals surface area contributed by atoms with Gasteiger partial charge in [-0.05, 0) is 30.7 Å². The molecular weight excluding hydrogens is 262 g/mol. The number of carbonyl (C=O) groups excluding carboxylic acids is 1. The van der Waals surface area contributed by atoms with Gasteiger partial charge in [-0.25, -0.2) is 0 Å². The van der Waals surface area contributed by atoms with Crippen LogP contribution in [0.25, 0.3) is 6.08 Å².